The van der Waals surface area contributed by atoms with Gasteiger partial charge in [0.2, 0.25) is 0 Å². The van der Waals surface area contributed by atoms with E-state index in [1.54, 1.807) is 0 Å². The molecule has 4 nitrogen and oxygen atoms in total. The molecule has 0 aliphatic heterocycles. The first kappa shape index (κ1) is 20.0. The van der Waals surface area contributed by atoms with Crippen molar-refractivity contribution >= 4 is 29.9 Å². The Hall–Kier alpha value is -1.08. The molecule has 1 atom stereocenters. The van der Waals surface area contributed by atoms with Gasteiger partial charge >= 0.3 is 0 Å². The largest absolute Gasteiger partial charge is 0.357 e. The van der Waals surface area contributed by atoms with E-state index >= 15 is 0 Å². The summed E-state index contributed by atoms with van der Waals surface area (Å²) in [6.45, 7) is 3.72. The summed E-state index contributed by atoms with van der Waals surface area (Å²) in [6.07, 6.45) is 6.63. The molecule has 1 aromatic rings. The Morgan fingerprint density at radius 1 is 1.22 bits per heavy atom. The molecule has 1 aromatic carbocycles. The zero-order chi connectivity index (χ0) is 15.8. The van der Waals surface area contributed by atoms with Crippen LogP contribution in [0.25, 0.3) is 0 Å². The normalized spacial score (nSPS) is 16.3. The van der Waals surface area contributed by atoms with Crippen LogP contribution in [0, 0.1) is 0 Å². The van der Waals surface area contributed by atoms with Crippen LogP contribution in [0.15, 0.2) is 47.5 Å². The maximum Gasteiger partial charge on any atom is 0.191 e. The number of nitrogens with zero attached hydrogens (tertiary/aromatic N) is 2. The second-order valence-corrected chi connectivity index (χ2v) is 5.89. The van der Waals surface area contributed by atoms with Crippen LogP contribution < -0.4 is 10.6 Å². The van der Waals surface area contributed by atoms with E-state index < -0.39 is 0 Å². The molecule has 1 unspecified atom stereocenters. The Morgan fingerprint density at radius 3 is 2.43 bits per heavy atom. The zero-order valence-electron chi connectivity index (χ0n) is 14.3. The molecule has 2 N–H and O–H groups in total. The molecule has 1 aliphatic rings. The van der Waals surface area contributed by atoms with Gasteiger partial charge in [0.1, 0.15) is 0 Å². The maximum absolute atomic E-state index is 4.80. The van der Waals surface area contributed by atoms with Gasteiger partial charge in [-0.3, -0.25) is 4.99 Å². The third kappa shape index (κ3) is 6.51. The highest BCUT2D eigenvalue weighted by molar-refractivity contribution is 14.0. The Morgan fingerprint density at radius 2 is 1.87 bits per heavy atom. The highest BCUT2D eigenvalue weighted by Crippen LogP contribution is 2.18. The Kier molecular flexibility index (Phi) is 9.24. The van der Waals surface area contributed by atoms with Crippen molar-refractivity contribution in [2.24, 2.45) is 4.99 Å². The molecule has 0 heterocycles. The van der Waals surface area contributed by atoms with Crippen LogP contribution in [-0.2, 0) is 0 Å². The smallest absolute Gasteiger partial charge is 0.191 e. The first-order chi connectivity index (χ1) is 10.7. The number of hydrogen-bond donors (Lipinski definition) is 2. The Balaban J connectivity index is 0.00000264. The standard InChI is InChI=1S/C18H28N4.HI/c1-4-19-18(21-16-12-8-9-13-16)20-14-17(22(2)3)15-10-6-5-7-11-15;/h5-11,16-17H,4,12-14H2,1-3H3,(H2,19,20,21);1H. The van der Waals surface area contributed by atoms with Gasteiger partial charge in [-0.05, 0) is 39.4 Å². The molecular weight excluding hydrogens is 399 g/mol. The van der Waals surface area contributed by atoms with Gasteiger partial charge in [0.05, 0.1) is 12.6 Å². The lowest BCUT2D eigenvalue weighted by molar-refractivity contribution is 0.306. The average molecular weight is 428 g/mol. The topological polar surface area (TPSA) is 39.7 Å². The minimum absolute atomic E-state index is 0. The fraction of sp³-hybridized carbons (Fsp3) is 0.500. The molecule has 23 heavy (non-hydrogen) atoms. The Bertz CT molecular complexity index is 491. The third-order valence-corrected chi connectivity index (χ3v) is 3.92. The maximum atomic E-state index is 4.80. The fourth-order valence-electron chi connectivity index (χ4n) is 2.67. The minimum Gasteiger partial charge on any atom is -0.357 e. The van der Waals surface area contributed by atoms with Gasteiger partial charge in [-0.2, -0.15) is 0 Å². The van der Waals surface area contributed by atoms with Crippen molar-refractivity contribution in [1.29, 1.82) is 0 Å². The van der Waals surface area contributed by atoms with Gasteiger partial charge < -0.3 is 15.5 Å². The monoisotopic (exact) mass is 428 g/mol. The molecule has 0 radical (unpaired) electrons. The van der Waals surface area contributed by atoms with E-state index in [2.05, 4.69) is 79.0 Å². The lowest BCUT2D eigenvalue weighted by Crippen LogP contribution is -2.43. The molecule has 0 aromatic heterocycles. The van der Waals surface area contributed by atoms with Crippen LogP contribution in [0.1, 0.15) is 31.4 Å². The second-order valence-electron chi connectivity index (χ2n) is 5.89. The zero-order valence-corrected chi connectivity index (χ0v) is 16.7. The number of likely N-dealkylation sites (N-methyl/N-ethyl adjacent to an activating group) is 1. The van der Waals surface area contributed by atoms with E-state index in [-0.39, 0.29) is 24.0 Å². The van der Waals surface area contributed by atoms with Crippen molar-refractivity contribution in [2.45, 2.75) is 31.8 Å². The number of aliphatic imine (C=N–C) groups is 1. The van der Waals surface area contributed by atoms with Gasteiger partial charge in [-0.25, -0.2) is 0 Å². The number of benzene rings is 1. The lowest BCUT2D eigenvalue weighted by Gasteiger charge is -2.24. The van der Waals surface area contributed by atoms with Crippen molar-refractivity contribution < 1.29 is 0 Å². The van der Waals surface area contributed by atoms with Crippen LogP contribution >= 0.6 is 24.0 Å². The van der Waals surface area contributed by atoms with E-state index in [9.17, 15) is 0 Å². The highest BCUT2D eigenvalue weighted by atomic mass is 127. The van der Waals surface area contributed by atoms with Crippen molar-refractivity contribution in [1.82, 2.24) is 15.5 Å². The van der Waals surface area contributed by atoms with E-state index in [1.165, 1.54) is 5.56 Å². The molecule has 5 heteroatoms. The van der Waals surface area contributed by atoms with Crippen LogP contribution in [0.2, 0.25) is 0 Å². The van der Waals surface area contributed by atoms with Crippen LogP contribution in [0.5, 0.6) is 0 Å². The van der Waals surface area contributed by atoms with Crippen LogP contribution in [0.3, 0.4) is 0 Å². The SMILES string of the molecule is CCNC(=NCC(c1ccccc1)N(C)C)NC1CC=CC1.I. The molecule has 0 bridgehead atoms. The summed E-state index contributed by atoms with van der Waals surface area (Å²) in [7, 11) is 4.21. The molecule has 1 aliphatic carbocycles. The molecule has 0 spiro atoms. The summed E-state index contributed by atoms with van der Waals surface area (Å²) >= 11 is 0. The third-order valence-electron chi connectivity index (χ3n) is 3.92. The van der Waals surface area contributed by atoms with Gasteiger partial charge in [0, 0.05) is 12.6 Å². The number of guanidine groups is 1. The quantitative estimate of drug-likeness (QED) is 0.317. The minimum atomic E-state index is 0. The predicted molar refractivity (Wildman–Crippen MR) is 110 cm³/mol. The lowest BCUT2D eigenvalue weighted by atomic mass is 10.1. The number of halogens is 1. The molecule has 0 fully saturated rings. The summed E-state index contributed by atoms with van der Waals surface area (Å²) in [5.74, 6) is 0.916. The molecule has 2 rings (SSSR count). The van der Waals surface area contributed by atoms with Gasteiger partial charge in [0.15, 0.2) is 5.96 Å². The van der Waals surface area contributed by atoms with Gasteiger partial charge in [-0.15, -0.1) is 24.0 Å². The molecule has 0 saturated carbocycles. The van der Waals surface area contributed by atoms with Gasteiger partial charge in [-0.1, -0.05) is 42.5 Å². The van der Waals surface area contributed by atoms with Crippen LogP contribution in [0.4, 0.5) is 0 Å². The summed E-state index contributed by atoms with van der Waals surface area (Å²) in [5.41, 5.74) is 1.30. The summed E-state index contributed by atoms with van der Waals surface area (Å²) in [6, 6.07) is 11.3. The van der Waals surface area contributed by atoms with E-state index in [4.69, 9.17) is 4.99 Å². The van der Waals surface area contributed by atoms with Crippen molar-refractivity contribution in [2.75, 3.05) is 27.2 Å². The Labute approximate surface area is 157 Å². The summed E-state index contributed by atoms with van der Waals surface area (Å²) < 4.78 is 0. The fourth-order valence-corrected chi connectivity index (χ4v) is 2.67. The highest BCUT2D eigenvalue weighted by Gasteiger charge is 2.15. The number of rotatable bonds is 6. The van der Waals surface area contributed by atoms with E-state index in [0.29, 0.717) is 12.1 Å². The van der Waals surface area contributed by atoms with Crippen LogP contribution in [-0.4, -0.2) is 44.1 Å². The first-order valence-corrected chi connectivity index (χ1v) is 8.12. The molecule has 128 valence electrons. The van der Waals surface area contributed by atoms with Gasteiger partial charge in [0.25, 0.3) is 0 Å². The summed E-state index contributed by atoms with van der Waals surface area (Å²) in [5, 5.41) is 6.87. The average Bonchev–Trinajstić information content (AvgIpc) is 3.01. The van der Waals surface area contributed by atoms with E-state index in [1.807, 2.05) is 0 Å². The first-order valence-electron chi connectivity index (χ1n) is 8.12. The van der Waals surface area contributed by atoms with E-state index in [0.717, 1.165) is 31.9 Å². The number of hydrogen-bond acceptors (Lipinski definition) is 2. The molecular formula is C18H29IN4. The van der Waals surface area contributed by atoms with Crippen molar-refractivity contribution in [3.63, 3.8) is 0 Å². The van der Waals surface area contributed by atoms with Crippen molar-refractivity contribution in [3.05, 3.63) is 48.0 Å². The molecule has 0 saturated heterocycles. The second kappa shape index (κ2) is 10.6. The van der Waals surface area contributed by atoms with Crippen molar-refractivity contribution in [3.8, 4) is 0 Å². The summed E-state index contributed by atoms with van der Waals surface area (Å²) in [4.78, 5) is 7.02. The molecule has 0 amide bonds. The number of nitrogens with one attached hydrogen (secondary N) is 2. The predicted octanol–water partition coefficient (Wildman–Crippen LogP) is 3.18.